The summed E-state index contributed by atoms with van der Waals surface area (Å²) in [5.74, 6) is 0.450. The average molecular weight is 499 g/mol. The second kappa shape index (κ2) is 11.4. The first-order valence-electron chi connectivity index (χ1n) is 11.3. The first kappa shape index (κ1) is 26.3. The van der Waals surface area contributed by atoms with E-state index in [1.807, 2.05) is 44.2 Å². The van der Waals surface area contributed by atoms with Gasteiger partial charge in [-0.2, -0.15) is 13.5 Å². The Labute approximate surface area is 211 Å². The predicted molar refractivity (Wildman–Crippen MR) is 138 cm³/mol. The van der Waals surface area contributed by atoms with Crippen molar-refractivity contribution in [1.82, 2.24) is 9.55 Å². The molecule has 2 aromatic carbocycles. The molecule has 8 heteroatoms. The van der Waals surface area contributed by atoms with E-state index in [-0.39, 0.29) is 38.3 Å². The summed E-state index contributed by atoms with van der Waals surface area (Å²) < 4.78 is 27.7. The van der Waals surface area contributed by atoms with Crippen LogP contribution in [-0.4, -0.2) is 27.7 Å². The van der Waals surface area contributed by atoms with Crippen LogP contribution in [0.2, 0.25) is 0 Å². The van der Waals surface area contributed by atoms with Crippen molar-refractivity contribution in [2.45, 2.75) is 45.6 Å². The predicted octanol–water partition coefficient (Wildman–Crippen LogP) is 6.10. The monoisotopic (exact) mass is 498 g/mol. The van der Waals surface area contributed by atoms with Crippen molar-refractivity contribution in [2.75, 3.05) is 7.11 Å². The fourth-order valence-corrected chi connectivity index (χ4v) is 4.16. The number of nitrogens with zero attached hydrogens (tertiary/aromatic N) is 2. The van der Waals surface area contributed by atoms with Gasteiger partial charge in [0.15, 0.2) is 0 Å². The van der Waals surface area contributed by atoms with Gasteiger partial charge in [0, 0.05) is 6.07 Å². The lowest BCUT2D eigenvalue weighted by atomic mass is 9.91. The Kier molecular flexibility index (Phi) is 8.62. The first-order chi connectivity index (χ1) is 16.4. The van der Waals surface area contributed by atoms with Gasteiger partial charge in [-0.05, 0) is 74.4 Å². The standard InChI is InChI=1S/C27H29FN2O4.H2S/c1-17(2)11-26-24(29-16-30(26)25-13-20(33-3)9-10-23(25)28)15-34-21-6-4-5-19(12-21)22(14-27(31)32)18-7-8-18;/h4-6,9-13,16,18,22H,7-8,14-15H2,1-3H3,(H,31,32);1H2/t22-;/m0./s1. The molecule has 0 aliphatic heterocycles. The quantitative estimate of drug-likeness (QED) is 0.365. The molecule has 1 aliphatic rings. The SMILES string of the molecule is COc1ccc(F)c(-n2cnc(COc3cccc([C@@H](CC(=O)O)C4CC4)c3)c2C=C(C)C)c1.S. The van der Waals surface area contributed by atoms with Crippen LogP contribution in [0.4, 0.5) is 4.39 Å². The highest BCUT2D eigenvalue weighted by Crippen LogP contribution is 2.45. The molecule has 1 atom stereocenters. The summed E-state index contributed by atoms with van der Waals surface area (Å²) in [7, 11) is 1.54. The highest BCUT2D eigenvalue weighted by Gasteiger charge is 2.33. The normalized spacial score (nSPS) is 13.5. The number of carbonyl (C=O) groups is 1. The van der Waals surface area contributed by atoms with Gasteiger partial charge >= 0.3 is 5.97 Å². The zero-order chi connectivity index (χ0) is 24.2. The van der Waals surface area contributed by atoms with Crippen LogP contribution in [0.1, 0.15) is 56.0 Å². The maximum absolute atomic E-state index is 14.7. The summed E-state index contributed by atoms with van der Waals surface area (Å²) in [4.78, 5) is 15.8. The molecule has 0 amide bonds. The third-order valence-corrected chi connectivity index (χ3v) is 5.97. The molecule has 1 aromatic heterocycles. The Morgan fingerprint density at radius 1 is 1.23 bits per heavy atom. The first-order valence-corrected chi connectivity index (χ1v) is 11.3. The molecule has 0 saturated heterocycles. The van der Waals surface area contributed by atoms with Crippen molar-refractivity contribution in [3.8, 4) is 17.2 Å². The third-order valence-electron chi connectivity index (χ3n) is 5.97. The van der Waals surface area contributed by atoms with E-state index in [4.69, 9.17) is 9.47 Å². The van der Waals surface area contributed by atoms with Gasteiger partial charge in [0.25, 0.3) is 0 Å². The molecule has 1 saturated carbocycles. The Bertz CT molecular complexity index is 1220. The van der Waals surface area contributed by atoms with Crippen LogP contribution in [0.3, 0.4) is 0 Å². The maximum Gasteiger partial charge on any atom is 0.303 e. The van der Waals surface area contributed by atoms with Crippen molar-refractivity contribution in [3.63, 3.8) is 0 Å². The van der Waals surface area contributed by atoms with Gasteiger partial charge in [0.05, 0.1) is 24.9 Å². The van der Waals surface area contributed by atoms with E-state index in [1.165, 1.54) is 6.07 Å². The Balaban J connectivity index is 0.00000342. The van der Waals surface area contributed by atoms with Crippen LogP contribution in [0.25, 0.3) is 11.8 Å². The zero-order valence-electron chi connectivity index (χ0n) is 20.1. The van der Waals surface area contributed by atoms with Crippen molar-refractivity contribution in [2.24, 2.45) is 5.92 Å². The molecule has 1 heterocycles. The number of benzene rings is 2. The molecule has 0 unspecified atom stereocenters. The number of imidazole rings is 1. The molecule has 35 heavy (non-hydrogen) atoms. The van der Waals surface area contributed by atoms with E-state index >= 15 is 0 Å². The topological polar surface area (TPSA) is 73.6 Å². The number of hydrogen-bond acceptors (Lipinski definition) is 4. The fourth-order valence-electron chi connectivity index (χ4n) is 4.16. The number of aliphatic carboxylic acids is 1. The zero-order valence-corrected chi connectivity index (χ0v) is 21.1. The van der Waals surface area contributed by atoms with E-state index in [9.17, 15) is 14.3 Å². The number of aromatic nitrogens is 2. The van der Waals surface area contributed by atoms with Gasteiger partial charge in [-0.25, -0.2) is 9.37 Å². The number of ether oxygens (including phenoxy) is 2. The van der Waals surface area contributed by atoms with Crippen LogP contribution < -0.4 is 9.47 Å². The second-order valence-corrected chi connectivity index (χ2v) is 8.89. The van der Waals surface area contributed by atoms with Gasteiger partial charge in [0.2, 0.25) is 0 Å². The molecule has 3 aromatic rings. The minimum Gasteiger partial charge on any atom is -0.497 e. The largest absolute Gasteiger partial charge is 0.497 e. The lowest BCUT2D eigenvalue weighted by molar-refractivity contribution is -0.137. The summed E-state index contributed by atoms with van der Waals surface area (Å²) in [5, 5.41) is 9.31. The molecule has 0 spiro atoms. The summed E-state index contributed by atoms with van der Waals surface area (Å²) in [6.07, 6.45) is 5.77. The Hall–Kier alpha value is -3.26. The smallest absolute Gasteiger partial charge is 0.303 e. The minimum absolute atomic E-state index is 0. The van der Waals surface area contributed by atoms with Crippen molar-refractivity contribution in [3.05, 3.63) is 77.1 Å². The number of rotatable bonds is 10. The maximum atomic E-state index is 14.7. The lowest BCUT2D eigenvalue weighted by Gasteiger charge is -2.16. The number of halogens is 1. The van der Waals surface area contributed by atoms with Gasteiger partial charge in [0.1, 0.15) is 35.9 Å². The number of allylic oxidation sites excluding steroid dienone is 1. The summed E-state index contributed by atoms with van der Waals surface area (Å²) in [6, 6.07) is 12.2. The minimum atomic E-state index is -0.787. The van der Waals surface area contributed by atoms with Crippen molar-refractivity contribution in [1.29, 1.82) is 0 Å². The Morgan fingerprint density at radius 3 is 2.66 bits per heavy atom. The van der Waals surface area contributed by atoms with Gasteiger partial charge in [-0.3, -0.25) is 9.36 Å². The molecule has 1 aliphatic carbocycles. The number of methoxy groups -OCH3 is 1. The fraction of sp³-hybridized carbons (Fsp3) is 0.333. The molecule has 0 radical (unpaired) electrons. The van der Waals surface area contributed by atoms with E-state index in [2.05, 4.69) is 4.98 Å². The summed E-state index contributed by atoms with van der Waals surface area (Å²) >= 11 is 0. The molecule has 0 bridgehead atoms. The van der Waals surface area contributed by atoms with Crippen LogP contribution in [-0.2, 0) is 11.4 Å². The average Bonchev–Trinajstić information content (AvgIpc) is 3.58. The van der Waals surface area contributed by atoms with Gasteiger partial charge in [-0.15, -0.1) is 0 Å². The highest BCUT2D eigenvalue weighted by atomic mass is 32.1. The number of hydrogen-bond donors (Lipinski definition) is 1. The number of carboxylic acid groups (broad SMARTS) is 1. The molecule has 1 N–H and O–H groups in total. The van der Waals surface area contributed by atoms with Crippen LogP contribution in [0.15, 0.2) is 54.4 Å². The van der Waals surface area contributed by atoms with Gasteiger partial charge in [-0.1, -0.05) is 17.7 Å². The molecule has 186 valence electrons. The lowest BCUT2D eigenvalue weighted by Crippen LogP contribution is -2.08. The summed E-state index contributed by atoms with van der Waals surface area (Å²) in [6.45, 7) is 4.12. The highest BCUT2D eigenvalue weighted by molar-refractivity contribution is 7.59. The van der Waals surface area contributed by atoms with E-state index < -0.39 is 5.97 Å². The molecular weight excluding hydrogens is 467 g/mol. The van der Waals surface area contributed by atoms with E-state index in [1.54, 1.807) is 30.1 Å². The second-order valence-electron chi connectivity index (χ2n) is 8.89. The van der Waals surface area contributed by atoms with Crippen LogP contribution in [0.5, 0.6) is 11.5 Å². The van der Waals surface area contributed by atoms with Crippen LogP contribution >= 0.6 is 13.5 Å². The molecule has 6 nitrogen and oxygen atoms in total. The Morgan fingerprint density at radius 2 is 2.00 bits per heavy atom. The molecular formula is C27H31FN2O4S. The third kappa shape index (κ3) is 6.45. The summed E-state index contributed by atoms with van der Waals surface area (Å²) in [5.41, 5.74) is 3.75. The van der Waals surface area contributed by atoms with E-state index in [0.29, 0.717) is 28.8 Å². The molecule has 1 fully saturated rings. The number of carboxylic acids is 1. The molecule has 4 rings (SSSR count). The van der Waals surface area contributed by atoms with E-state index in [0.717, 1.165) is 29.7 Å². The van der Waals surface area contributed by atoms with Crippen LogP contribution in [0, 0.1) is 11.7 Å². The van der Waals surface area contributed by atoms with Crippen molar-refractivity contribution < 1.29 is 23.8 Å². The van der Waals surface area contributed by atoms with Gasteiger partial charge < -0.3 is 14.6 Å². The van der Waals surface area contributed by atoms with Crippen molar-refractivity contribution >= 4 is 25.5 Å².